The fourth-order valence-corrected chi connectivity index (χ4v) is 1.51. The highest BCUT2D eigenvalue weighted by Crippen LogP contribution is 1.97. The van der Waals surface area contributed by atoms with Gasteiger partial charge in [0.25, 0.3) is 0 Å². The van der Waals surface area contributed by atoms with Gasteiger partial charge in [0.1, 0.15) is 0 Å². The summed E-state index contributed by atoms with van der Waals surface area (Å²) in [6.45, 7) is 1.99. The monoisotopic (exact) mass is 260 g/mol. The minimum Gasteiger partial charge on any atom is -0.356 e. The average molecular weight is 260 g/mol. The number of pyridine rings is 1. The van der Waals surface area contributed by atoms with Crippen molar-refractivity contribution in [2.75, 3.05) is 13.1 Å². The number of rotatable bonds is 7. The van der Waals surface area contributed by atoms with Crippen LogP contribution in [0.4, 0.5) is 0 Å². The summed E-state index contributed by atoms with van der Waals surface area (Å²) in [6, 6.07) is 3.81. The van der Waals surface area contributed by atoms with E-state index in [1.54, 1.807) is 12.4 Å². The molecule has 6 heteroatoms. The molecule has 1 aromatic heterocycles. The van der Waals surface area contributed by atoms with E-state index < -0.39 is 0 Å². The lowest BCUT2D eigenvalue weighted by atomic mass is 10.2. The molecule has 0 saturated carbocycles. The van der Waals surface area contributed by atoms with Crippen LogP contribution in [-0.4, -0.2) is 24.0 Å². The topological polar surface area (TPSA) is 99.1 Å². The molecule has 1 heterocycles. The third kappa shape index (κ3) is 7.01. The number of guanidine groups is 1. The fourth-order valence-electron chi connectivity index (χ4n) is 1.51. The van der Waals surface area contributed by atoms with E-state index in [9.17, 15) is 0 Å². The molecule has 0 bridgehead atoms. The van der Waals surface area contributed by atoms with Gasteiger partial charge in [-0.25, -0.2) is 4.99 Å². The fraction of sp³-hybridized carbons (Fsp3) is 0.462. The molecule has 0 radical (unpaired) electrons. The Morgan fingerprint density at radius 2 is 2.32 bits per heavy atom. The number of nitriles is 1. The van der Waals surface area contributed by atoms with Crippen LogP contribution in [-0.2, 0) is 6.54 Å². The Hall–Kier alpha value is -2.13. The lowest BCUT2D eigenvalue weighted by Crippen LogP contribution is -2.35. The van der Waals surface area contributed by atoms with Crippen LogP contribution < -0.4 is 16.4 Å². The van der Waals surface area contributed by atoms with Gasteiger partial charge in [0.05, 0.1) is 6.54 Å². The molecule has 0 spiro atoms. The molecule has 0 atom stereocenters. The van der Waals surface area contributed by atoms with Crippen LogP contribution in [0.25, 0.3) is 0 Å². The first-order chi connectivity index (χ1) is 9.36. The van der Waals surface area contributed by atoms with Crippen molar-refractivity contribution in [1.82, 2.24) is 15.6 Å². The molecule has 1 rings (SSSR count). The zero-order chi connectivity index (χ0) is 13.8. The van der Waals surface area contributed by atoms with E-state index >= 15 is 0 Å². The summed E-state index contributed by atoms with van der Waals surface area (Å²) in [7, 11) is 0. The first kappa shape index (κ1) is 14.9. The van der Waals surface area contributed by atoms with Gasteiger partial charge in [0, 0.05) is 18.9 Å². The van der Waals surface area contributed by atoms with Crippen molar-refractivity contribution in [2.45, 2.75) is 25.8 Å². The Morgan fingerprint density at radius 3 is 3.00 bits per heavy atom. The van der Waals surface area contributed by atoms with Crippen molar-refractivity contribution in [1.29, 1.82) is 5.26 Å². The van der Waals surface area contributed by atoms with Gasteiger partial charge >= 0.3 is 0 Å². The minimum absolute atomic E-state index is 0.494. The van der Waals surface area contributed by atoms with E-state index in [4.69, 9.17) is 11.0 Å². The van der Waals surface area contributed by atoms with Crippen LogP contribution >= 0.6 is 0 Å². The highest BCUT2D eigenvalue weighted by atomic mass is 15.2. The van der Waals surface area contributed by atoms with Gasteiger partial charge in [-0.15, -0.1) is 0 Å². The molecule has 0 saturated heterocycles. The third-order valence-corrected chi connectivity index (χ3v) is 2.49. The van der Waals surface area contributed by atoms with Gasteiger partial charge in [-0.3, -0.25) is 10.3 Å². The van der Waals surface area contributed by atoms with Gasteiger partial charge in [0.2, 0.25) is 5.96 Å². The molecule has 0 fully saturated rings. The number of aliphatic imine (C=N–C) groups is 1. The van der Waals surface area contributed by atoms with Crippen LogP contribution in [0.15, 0.2) is 29.5 Å². The molecule has 0 aliphatic carbocycles. The largest absolute Gasteiger partial charge is 0.356 e. The second-order valence-electron chi connectivity index (χ2n) is 4.04. The molecule has 0 unspecified atom stereocenters. The summed E-state index contributed by atoms with van der Waals surface area (Å²) in [5.74, 6) is 0.499. The zero-order valence-corrected chi connectivity index (χ0v) is 11.0. The normalized spacial score (nSPS) is 10.8. The molecule has 1 aromatic rings. The van der Waals surface area contributed by atoms with Crippen LogP contribution in [0.2, 0.25) is 0 Å². The van der Waals surface area contributed by atoms with Crippen molar-refractivity contribution in [3.05, 3.63) is 30.1 Å². The van der Waals surface area contributed by atoms with Gasteiger partial charge in [-0.05, 0) is 31.0 Å². The lowest BCUT2D eigenvalue weighted by Gasteiger charge is -2.07. The van der Waals surface area contributed by atoms with E-state index in [1.165, 1.54) is 0 Å². The van der Waals surface area contributed by atoms with E-state index in [1.807, 2.05) is 18.3 Å². The number of hydrogen-bond donors (Lipinski definition) is 3. The average Bonchev–Trinajstić information content (AvgIpc) is 2.45. The van der Waals surface area contributed by atoms with Crippen molar-refractivity contribution in [2.24, 2.45) is 10.7 Å². The maximum Gasteiger partial charge on any atom is 0.205 e. The van der Waals surface area contributed by atoms with Crippen molar-refractivity contribution >= 4 is 5.96 Å². The molecule has 19 heavy (non-hydrogen) atoms. The van der Waals surface area contributed by atoms with Crippen LogP contribution in [0.3, 0.4) is 0 Å². The predicted molar refractivity (Wildman–Crippen MR) is 75.0 cm³/mol. The molecule has 4 N–H and O–H groups in total. The number of nitrogens with one attached hydrogen (secondary N) is 2. The maximum atomic E-state index is 8.66. The van der Waals surface area contributed by atoms with Crippen LogP contribution in [0.5, 0.6) is 0 Å². The lowest BCUT2D eigenvalue weighted by molar-refractivity contribution is 0.666. The predicted octanol–water partition coefficient (Wildman–Crippen LogP) is 0.727. The molecular formula is C13H20N6. The van der Waals surface area contributed by atoms with Crippen LogP contribution in [0, 0.1) is 11.5 Å². The summed E-state index contributed by atoms with van der Waals surface area (Å²) >= 11 is 0. The van der Waals surface area contributed by atoms with E-state index in [-0.39, 0.29) is 0 Å². The second kappa shape index (κ2) is 9.85. The van der Waals surface area contributed by atoms with Crippen molar-refractivity contribution in [3.8, 4) is 6.19 Å². The second-order valence-corrected chi connectivity index (χ2v) is 4.04. The Labute approximate surface area is 113 Å². The summed E-state index contributed by atoms with van der Waals surface area (Å²) in [5.41, 5.74) is 6.43. The van der Waals surface area contributed by atoms with Gasteiger partial charge in [0.15, 0.2) is 6.19 Å². The SMILES string of the molecule is N#CNC(=NCc1cccnc1)NCCCCCN. The van der Waals surface area contributed by atoms with Crippen molar-refractivity contribution < 1.29 is 0 Å². The highest BCUT2D eigenvalue weighted by Gasteiger charge is 1.97. The van der Waals surface area contributed by atoms with E-state index in [0.29, 0.717) is 12.5 Å². The molecule has 0 amide bonds. The number of unbranched alkanes of at least 4 members (excludes halogenated alkanes) is 2. The van der Waals surface area contributed by atoms with Gasteiger partial charge < -0.3 is 11.1 Å². The Balaban J connectivity index is 2.37. The molecule has 0 aromatic carbocycles. The van der Waals surface area contributed by atoms with Gasteiger partial charge in [-0.1, -0.05) is 12.5 Å². The summed E-state index contributed by atoms with van der Waals surface area (Å²) in [5, 5.41) is 14.3. The summed E-state index contributed by atoms with van der Waals surface area (Å²) in [4.78, 5) is 8.33. The highest BCUT2D eigenvalue weighted by molar-refractivity contribution is 5.81. The molecule has 0 aliphatic heterocycles. The number of nitrogens with two attached hydrogens (primary N) is 1. The van der Waals surface area contributed by atoms with E-state index in [2.05, 4.69) is 20.6 Å². The molecule has 6 nitrogen and oxygen atoms in total. The van der Waals surface area contributed by atoms with Crippen molar-refractivity contribution in [3.63, 3.8) is 0 Å². The Kier molecular flexibility index (Phi) is 7.74. The number of nitrogens with zero attached hydrogens (tertiary/aromatic N) is 3. The molecular weight excluding hydrogens is 240 g/mol. The third-order valence-electron chi connectivity index (χ3n) is 2.49. The van der Waals surface area contributed by atoms with Crippen LogP contribution in [0.1, 0.15) is 24.8 Å². The standard InChI is InChI=1S/C13H20N6/c14-6-2-1-3-8-17-13(19-11-15)18-10-12-5-4-7-16-9-12/h4-5,7,9H,1-3,6,8,10,14H2,(H2,17,18,19). The quantitative estimate of drug-likeness (QED) is 0.221. The summed E-state index contributed by atoms with van der Waals surface area (Å²) in [6.07, 6.45) is 8.46. The Morgan fingerprint density at radius 1 is 1.42 bits per heavy atom. The first-order valence-corrected chi connectivity index (χ1v) is 6.39. The zero-order valence-electron chi connectivity index (χ0n) is 11.0. The Bertz CT molecular complexity index is 409. The smallest absolute Gasteiger partial charge is 0.205 e. The summed E-state index contributed by atoms with van der Waals surface area (Å²) < 4.78 is 0. The molecule has 102 valence electrons. The maximum absolute atomic E-state index is 8.66. The molecule has 0 aliphatic rings. The first-order valence-electron chi connectivity index (χ1n) is 6.39. The van der Waals surface area contributed by atoms with Gasteiger partial charge in [-0.2, -0.15) is 5.26 Å². The number of hydrogen-bond acceptors (Lipinski definition) is 4. The minimum atomic E-state index is 0.494. The number of aromatic nitrogens is 1. The van der Waals surface area contributed by atoms with E-state index in [0.717, 1.165) is 37.9 Å².